The van der Waals surface area contributed by atoms with Crippen LogP contribution in [-0.4, -0.2) is 47.5 Å². The molecule has 1 aliphatic rings. The number of nitrogens with one attached hydrogen (secondary N) is 1. The molecule has 2 amide bonds. The van der Waals surface area contributed by atoms with Crippen LogP contribution in [-0.2, 0) is 9.47 Å². The molecule has 0 radical (unpaired) electrons. The number of anilines is 1. The van der Waals surface area contributed by atoms with Crippen molar-refractivity contribution in [3.8, 4) is 11.3 Å². The first-order valence-corrected chi connectivity index (χ1v) is 8.93. The molecular formula is C15H15N3O4S2. The lowest BCUT2D eigenvalue weighted by molar-refractivity contribution is 0.0600. The van der Waals surface area contributed by atoms with E-state index in [-0.39, 0.29) is 12.0 Å². The Bertz CT molecular complexity index is 727. The maximum absolute atomic E-state index is 12.1. The third-order valence-corrected chi connectivity index (χ3v) is 4.97. The average Bonchev–Trinajstić information content (AvgIpc) is 3.10. The lowest BCUT2D eigenvalue weighted by Gasteiger charge is -2.24. The van der Waals surface area contributed by atoms with Crippen molar-refractivity contribution in [2.24, 2.45) is 0 Å². The number of amides is 2. The number of methoxy groups -OCH3 is 1. The molecule has 1 saturated heterocycles. The number of urea groups is 1. The first kappa shape index (κ1) is 16.7. The van der Waals surface area contributed by atoms with Gasteiger partial charge in [-0.1, -0.05) is 12.1 Å². The zero-order valence-electron chi connectivity index (χ0n) is 12.9. The number of benzene rings is 1. The minimum atomic E-state index is -0.379. The molecule has 24 heavy (non-hydrogen) atoms. The molecule has 0 aliphatic carbocycles. The Morgan fingerprint density at radius 1 is 1.33 bits per heavy atom. The highest BCUT2D eigenvalue weighted by molar-refractivity contribution is 7.97. The van der Waals surface area contributed by atoms with Crippen LogP contribution in [0.5, 0.6) is 0 Å². The Hall–Kier alpha value is -2.10. The second-order valence-electron chi connectivity index (χ2n) is 4.79. The molecule has 1 aromatic carbocycles. The predicted molar refractivity (Wildman–Crippen MR) is 93.0 cm³/mol. The van der Waals surface area contributed by atoms with Gasteiger partial charge in [0.15, 0.2) is 5.13 Å². The minimum Gasteiger partial charge on any atom is -0.465 e. The average molecular weight is 365 g/mol. The molecule has 0 spiro atoms. The lowest BCUT2D eigenvalue weighted by Crippen LogP contribution is -2.35. The number of hydrogen-bond acceptors (Lipinski definition) is 7. The fourth-order valence-corrected chi connectivity index (χ4v) is 3.44. The van der Waals surface area contributed by atoms with E-state index in [0.717, 1.165) is 11.3 Å². The highest BCUT2D eigenvalue weighted by atomic mass is 32.2. The van der Waals surface area contributed by atoms with Gasteiger partial charge >= 0.3 is 12.0 Å². The Labute approximate surface area is 147 Å². The van der Waals surface area contributed by atoms with E-state index in [1.165, 1.54) is 30.4 Å². The number of hydrogen-bond donors (Lipinski definition) is 1. The number of carbonyl (C=O) groups excluding carboxylic acids is 2. The van der Waals surface area contributed by atoms with Crippen LogP contribution in [0.15, 0.2) is 29.6 Å². The van der Waals surface area contributed by atoms with Gasteiger partial charge in [-0.15, -0.1) is 11.3 Å². The number of aromatic nitrogens is 1. The van der Waals surface area contributed by atoms with Crippen LogP contribution in [0, 0.1) is 0 Å². The van der Waals surface area contributed by atoms with E-state index in [1.807, 2.05) is 5.38 Å². The van der Waals surface area contributed by atoms with Crippen molar-refractivity contribution in [2.45, 2.75) is 0 Å². The summed E-state index contributed by atoms with van der Waals surface area (Å²) in [5.41, 5.74) is 2.08. The summed E-state index contributed by atoms with van der Waals surface area (Å²) < 4.78 is 11.5. The maximum atomic E-state index is 12.1. The summed E-state index contributed by atoms with van der Waals surface area (Å²) in [6.07, 6.45) is 0. The first-order valence-electron chi connectivity index (χ1n) is 7.11. The van der Waals surface area contributed by atoms with Crippen LogP contribution in [0.1, 0.15) is 10.4 Å². The molecular weight excluding hydrogens is 350 g/mol. The van der Waals surface area contributed by atoms with Crippen LogP contribution >= 0.6 is 23.3 Å². The minimum absolute atomic E-state index is 0.203. The number of carbonyl (C=O) groups is 2. The van der Waals surface area contributed by atoms with Gasteiger partial charge in [-0.2, -0.15) is 0 Å². The molecule has 1 N–H and O–H groups in total. The Kier molecular flexibility index (Phi) is 5.34. The Balaban J connectivity index is 1.66. The van der Waals surface area contributed by atoms with Gasteiger partial charge in [0, 0.05) is 10.9 Å². The molecule has 1 aliphatic heterocycles. The highest BCUT2D eigenvalue weighted by Crippen LogP contribution is 2.26. The van der Waals surface area contributed by atoms with Gasteiger partial charge in [-0.3, -0.25) is 9.62 Å². The largest absolute Gasteiger partial charge is 0.465 e. The van der Waals surface area contributed by atoms with Gasteiger partial charge in [0.2, 0.25) is 0 Å². The van der Waals surface area contributed by atoms with Crippen molar-refractivity contribution in [1.29, 1.82) is 0 Å². The topological polar surface area (TPSA) is 80.8 Å². The molecule has 1 fully saturated rings. The van der Waals surface area contributed by atoms with Crippen molar-refractivity contribution in [1.82, 2.24) is 9.29 Å². The van der Waals surface area contributed by atoms with E-state index < -0.39 is 0 Å². The summed E-state index contributed by atoms with van der Waals surface area (Å²) >= 11 is 2.68. The van der Waals surface area contributed by atoms with Crippen molar-refractivity contribution in [2.75, 3.05) is 31.5 Å². The van der Waals surface area contributed by atoms with Crippen molar-refractivity contribution < 1.29 is 19.1 Å². The second kappa shape index (κ2) is 7.65. The van der Waals surface area contributed by atoms with Gasteiger partial charge < -0.3 is 9.47 Å². The molecule has 2 aromatic rings. The standard InChI is InChI=1S/C15H15N3O4S2/c1-21-13(19)11-4-2-10(3-5-11)12-8-23-14(16-12)17-15(20)18-6-7-22-9-24-18/h2-5,8H,6-7,9H2,1H3,(H,16,17,20). The number of ether oxygens (including phenoxy) is 2. The molecule has 7 nitrogen and oxygen atoms in total. The van der Waals surface area contributed by atoms with Gasteiger partial charge in [-0.05, 0) is 24.1 Å². The van der Waals surface area contributed by atoms with Crippen LogP contribution in [0.2, 0.25) is 0 Å². The molecule has 0 saturated carbocycles. The van der Waals surface area contributed by atoms with Crippen molar-refractivity contribution >= 4 is 40.4 Å². The number of thiazole rings is 1. The Morgan fingerprint density at radius 2 is 2.12 bits per heavy atom. The van der Waals surface area contributed by atoms with Gasteiger partial charge in [0.1, 0.15) is 5.94 Å². The number of nitrogens with zero attached hydrogens (tertiary/aromatic N) is 2. The maximum Gasteiger partial charge on any atom is 0.337 e. The molecule has 0 atom stereocenters. The SMILES string of the molecule is COC(=O)c1ccc(-c2csc(NC(=O)N3CCOCS3)n2)cc1. The summed E-state index contributed by atoms with van der Waals surface area (Å²) in [5, 5.41) is 5.17. The van der Waals surface area contributed by atoms with Crippen molar-refractivity contribution in [3.05, 3.63) is 35.2 Å². The summed E-state index contributed by atoms with van der Waals surface area (Å²) in [7, 11) is 1.35. The van der Waals surface area contributed by atoms with E-state index in [2.05, 4.69) is 15.0 Å². The summed E-state index contributed by atoms with van der Waals surface area (Å²) in [6.45, 7) is 1.08. The fraction of sp³-hybridized carbons (Fsp3) is 0.267. The third-order valence-electron chi connectivity index (χ3n) is 3.28. The quantitative estimate of drug-likeness (QED) is 0.665. The van der Waals surface area contributed by atoms with Gasteiger partial charge in [0.05, 0.1) is 31.5 Å². The highest BCUT2D eigenvalue weighted by Gasteiger charge is 2.19. The number of esters is 1. The molecule has 0 bridgehead atoms. The summed E-state index contributed by atoms with van der Waals surface area (Å²) in [5.74, 6) is 0.0964. The van der Waals surface area contributed by atoms with E-state index >= 15 is 0 Å². The van der Waals surface area contributed by atoms with Crippen LogP contribution in [0.4, 0.5) is 9.93 Å². The van der Waals surface area contributed by atoms with Crippen LogP contribution in [0.3, 0.4) is 0 Å². The summed E-state index contributed by atoms with van der Waals surface area (Å²) in [4.78, 5) is 28.0. The molecule has 0 unspecified atom stereocenters. The van der Waals surface area contributed by atoms with Crippen molar-refractivity contribution in [3.63, 3.8) is 0 Å². The molecule has 2 heterocycles. The molecule has 9 heteroatoms. The number of rotatable bonds is 3. The lowest BCUT2D eigenvalue weighted by atomic mass is 10.1. The smallest absolute Gasteiger partial charge is 0.337 e. The van der Waals surface area contributed by atoms with E-state index in [1.54, 1.807) is 28.6 Å². The van der Waals surface area contributed by atoms with E-state index in [9.17, 15) is 9.59 Å². The normalized spacial score (nSPS) is 14.3. The Morgan fingerprint density at radius 3 is 2.79 bits per heavy atom. The van der Waals surface area contributed by atoms with Gasteiger partial charge in [-0.25, -0.2) is 14.6 Å². The predicted octanol–water partition coefficient (Wildman–Crippen LogP) is 3.07. The first-order chi connectivity index (χ1) is 11.7. The van der Waals surface area contributed by atoms with Gasteiger partial charge in [0.25, 0.3) is 0 Å². The molecule has 1 aromatic heterocycles. The van der Waals surface area contributed by atoms with E-state index in [0.29, 0.717) is 29.8 Å². The molecule has 126 valence electrons. The summed E-state index contributed by atoms with van der Waals surface area (Å²) in [6, 6.07) is 6.76. The van der Waals surface area contributed by atoms with Crippen LogP contribution in [0.25, 0.3) is 11.3 Å². The van der Waals surface area contributed by atoms with E-state index in [4.69, 9.17) is 4.74 Å². The fourth-order valence-electron chi connectivity index (χ4n) is 2.04. The third kappa shape index (κ3) is 3.86. The monoisotopic (exact) mass is 365 g/mol. The zero-order valence-corrected chi connectivity index (χ0v) is 14.5. The second-order valence-corrected chi connectivity index (χ2v) is 6.59. The zero-order chi connectivity index (χ0) is 16.9. The van der Waals surface area contributed by atoms with Crippen LogP contribution < -0.4 is 5.32 Å². The molecule has 3 rings (SSSR count).